The molecule has 2 rings (SSSR count). The van der Waals surface area contributed by atoms with Crippen molar-refractivity contribution in [3.05, 3.63) is 35.4 Å². The van der Waals surface area contributed by atoms with E-state index in [9.17, 15) is 0 Å². The first-order chi connectivity index (χ1) is 8.29. The number of nitrogens with one attached hydrogen (secondary N) is 2. The van der Waals surface area contributed by atoms with Crippen LogP contribution in [0, 0.1) is 5.92 Å². The smallest absolute Gasteiger partial charge is 0.0164 e. The average Bonchev–Trinajstić information content (AvgIpc) is 2.36. The van der Waals surface area contributed by atoms with Gasteiger partial charge in [0.25, 0.3) is 0 Å². The van der Waals surface area contributed by atoms with Gasteiger partial charge in [-0.2, -0.15) is 0 Å². The van der Waals surface area contributed by atoms with Gasteiger partial charge in [-0.1, -0.05) is 24.3 Å². The van der Waals surface area contributed by atoms with Crippen molar-refractivity contribution in [2.75, 3.05) is 20.1 Å². The normalized spacial score (nSPS) is 20.9. The van der Waals surface area contributed by atoms with Gasteiger partial charge in [0.15, 0.2) is 0 Å². The molecule has 2 N–H and O–H groups in total. The fraction of sp³-hybridized carbons (Fsp3) is 0.600. The standard InChI is InChI=1S/C15H24N2/c1-12(10-16-2)17-11-13-7-8-14-5-3-4-6-15(14)9-13/h3-6,12-13,16-17H,7-11H2,1-2H3. The van der Waals surface area contributed by atoms with E-state index in [1.807, 2.05) is 7.05 Å². The maximum Gasteiger partial charge on any atom is 0.0164 e. The molecule has 1 aromatic carbocycles. The lowest BCUT2D eigenvalue weighted by atomic mass is 9.84. The third-order valence-electron chi connectivity index (χ3n) is 3.71. The molecule has 1 aliphatic carbocycles. The van der Waals surface area contributed by atoms with Crippen molar-refractivity contribution in [1.29, 1.82) is 0 Å². The van der Waals surface area contributed by atoms with Gasteiger partial charge in [-0.15, -0.1) is 0 Å². The lowest BCUT2D eigenvalue weighted by molar-refractivity contribution is 0.395. The van der Waals surface area contributed by atoms with E-state index in [4.69, 9.17) is 0 Å². The Morgan fingerprint density at radius 3 is 2.82 bits per heavy atom. The molecule has 94 valence electrons. The molecule has 0 fully saturated rings. The van der Waals surface area contributed by atoms with Crippen LogP contribution >= 0.6 is 0 Å². The predicted molar refractivity (Wildman–Crippen MR) is 73.3 cm³/mol. The van der Waals surface area contributed by atoms with Crippen molar-refractivity contribution < 1.29 is 0 Å². The molecule has 2 atom stereocenters. The maximum absolute atomic E-state index is 3.62. The van der Waals surface area contributed by atoms with Gasteiger partial charge in [0, 0.05) is 12.6 Å². The van der Waals surface area contributed by atoms with Gasteiger partial charge in [0.1, 0.15) is 0 Å². The van der Waals surface area contributed by atoms with Gasteiger partial charge in [0.05, 0.1) is 0 Å². The number of aryl methyl sites for hydroxylation is 1. The Labute approximate surface area is 105 Å². The van der Waals surface area contributed by atoms with Gasteiger partial charge in [-0.3, -0.25) is 0 Å². The van der Waals surface area contributed by atoms with Crippen LogP contribution in [0.15, 0.2) is 24.3 Å². The molecule has 0 aliphatic heterocycles. The summed E-state index contributed by atoms with van der Waals surface area (Å²) in [5.41, 5.74) is 3.12. The predicted octanol–water partition coefficient (Wildman–Crippen LogP) is 1.99. The van der Waals surface area contributed by atoms with E-state index < -0.39 is 0 Å². The highest BCUT2D eigenvalue weighted by molar-refractivity contribution is 5.29. The van der Waals surface area contributed by atoms with E-state index in [-0.39, 0.29) is 0 Å². The summed E-state index contributed by atoms with van der Waals surface area (Å²) in [4.78, 5) is 0. The lowest BCUT2D eigenvalue weighted by Gasteiger charge is -2.26. The van der Waals surface area contributed by atoms with Crippen LogP contribution in [0.4, 0.5) is 0 Å². The van der Waals surface area contributed by atoms with Crippen molar-refractivity contribution in [2.24, 2.45) is 5.92 Å². The third kappa shape index (κ3) is 3.55. The molecule has 1 aliphatic rings. The second-order valence-electron chi connectivity index (χ2n) is 5.24. The first-order valence-corrected chi connectivity index (χ1v) is 6.74. The summed E-state index contributed by atoms with van der Waals surface area (Å²) in [7, 11) is 2.01. The minimum absolute atomic E-state index is 0.567. The Bertz CT molecular complexity index is 349. The average molecular weight is 232 g/mol. The van der Waals surface area contributed by atoms with Crippen molar-refractivity contribution in [3.63, 3.8) is 0 Å². The highest BCUT2D eigenvalue weighted by Gasteiger charge is 2.18. The van der Waals surface area contributed by atoms with Crippen LogP contribution in [0.5, 0.6) is 0 Å². The second kappa shape index (κ2) is 6.18. The van der Waals surface area contributed by atoms with Crippen molar-refractivity contribution in [2.45, 2.75) is 32.2 Å². The number of hydrogen-bond acceptors (Lipinski definition) is 2. The lowest BCUT2D eigenvalue weighted by Crippen LogP contribution is -2.38. The molecular weight excluding hydrogens is 208 g/mol. The highest BCUT2D eigenvalue weighted by Crippen LogP contribution is 2.24. The first-order valence-electron chi connectivity index (χ1n) is 6.74. The van der Waals surface area contributed by atoms with Gasteiger partial charge in [-0.05, 0) is 56.8 Å². The number of fused-ring (bicyclic) bond motifs is 1. The summed E-state index contributed by atoms with van der Waals surface area (Å²) >= 11 is 0. The van der Waals surface area contributed by atoms with E-state index in [0.717, 1.165) is 19.0 Å². The number of benzene rings is 1. The topological polar surface area (TPSA) is 24.1 Å². The molecule has 0 saturated carbocycles. The van der Waals surface area contributed by atoms with Crippen LogP contribution in [0.2, 0.25) is 0 Å². The molecule has 0 saturated heterocycles. The van der Waals surface area contributed by atoms with Crippen molar-refractivity contribution in [1.82, 2.24) is 10.6 Å². The van der Waals surface area contributed by atoms with E-state index in [1.54, 1.807) is 11.1 Å². The molecule has 17 heavy (non-hydrogen) atoms. The van der Waals surface area contributed by atoms with Crippen LogP contribution in [-0.4, -0.2) is 26.2 Å². The molecule has 2 heteroatoms. The quantitative estimate of drug-likeness (QED) is 0.811. The van der Waals surface area contributed by atoms with Crippen LogP contribution in [0.25, 0.3) is 0 Å². The Morgan fingerprint density at radius 2 is 2.06 bits per heavy atom. The Hall–Kier alpha value is -0.860. The van der Waals surface area contributed by atoms with Gasteiger partial charge >= 0.3 is 0 Å². The number of rotatable bonds is 5. The number of likely N-dealkylation sites (N-methyl/N-ethyl adjacent to an activating group) is 1. The van der Waals surface area contributed by atoms with Crippen LogP contribution < -0.4 is 10.6 Å². The molecule has 0 spiro atoms. The van der Waals surface area contributed by atoms with Crippen molar-refractivity contribution in [3.8, 4) is 0 Å². The van der Waals surface area contributed by atoms with Crippen LogP contribution in [-0.2, 0) is 12.8 Å². The Morgan fingerprint density at radius 1 is 1.29 bits per heavy atom. The fourth-order valence-electron chi connectivity index (χ4n) is 2.69. The maximum atomic E-state index is 3.62. The molecule has 0 heterocycles. The molecule has 2 nitrogen and oxygen atoms in total. The fourth-order valence-corrected chi connectivity index (χ4v) is 2.69. The third-order valence-corrected chi connectivity index (χ3v) is 3.71. The van der Waals surface area contributed by atoms with E-state index in [0.29, 0.717) is 6.04 Å². The summed E-state index contributed by atoms with van der Waals surface area (Å²) in [5, 5.41) is 6.83. The SMILES string of the molecule is CNCC(C)NCC1CCc2ccccc2C1. The minimum Gasteiger partial charge on any atom is -0.318 e. The molecule has 0 aromatic heterocycles. The Balaban J connectivity index is 1.82. The molecule has 2 unspecified atom stereocenters. The van der Waals surface area contributed by atoms with Gasteiger partial charge < -0.3 is 10.6 Å². The number of hydrogen-bond donors (Lipinski definition) is 2. The minimum atomic E-state index is 0.567. The van der Waals surface area contributed by atoms with E-state index >= 15 is 0 Å². The molecule has 0 amide bonds. The first kappa shape index (κ1) is 12.6. The summed E-state index contributed by atoms with van der Waals surface area (Å²) in [6.07, 6.45) is 3.83. The van der Waals surface area contributed by atoms with Crippen molar-refractivity contribution >= 4 is 0 Å². The molecule has 0 radical (unpaired) electrons. The van der Waals surface area contributed by atoms with Gasteiger partial charge in [0.2, 0.25) is 0 Å². The van der Waals surface area contributed by atoms with E-state index in [1.165, 1.54) is 19.3 Å². The summed E-state index contributed by atoms with van der Waals surface area (Å²) in [6, 6.07) is 9.46. The summed E-state index contributed by atoms with van der Waals surface area (Å²) in [5.74, 6) is 0.809. The summed E-state index contributed by atoms with van der Waals surface area (Å²) in [6.45, 7) is 4.44. The van der Waals surface area contributed by atoms with E-state index in [2.05, 4.69) is 41.8 Å². The summed E-state index contributed by atoms with van der Waals surface area (Å²) < 4.78 is 0. The molecule has 0 bridgehead atoms. The molecular formula is C15H24N2. The largest absolute Gasteiger partial charge is 0.318 e. The zero-order valence-electron chi connectivity index (χ0n) is 11.0. The highest BCUT2D eigenvalue weighted by atomic mass is 15.0. The van der Waals surface area contributed by atoms with Crippen LogP contribution in [0.1, 0.15) is 24.5 Å². The second-order valence-corrected chi connectivity index (χ2v) is 5.24. The van der Waals surface area contributed by atoms with Crippen LogP contribution in [0.3, 0.4) is 0 Å². The molecule has 1 aromatic rings. The monoisotopic (exact) mass is 232 g/mol. The zero-order chi connectivity index (χ0) is 12.1. The zero-order valence-corrected chi connectivity index (χ0v) is 11.0. The Kier molecular flexibility index (Phi) is 4.57. The van der Waals surface area contributed by atoms with Gasteiger partial charge in [-0.25, -0.2) is 0 Å².